The molecule has 3 rings (SSSR count). The monoisotopic (exact) mass is 430 g/mol. The molecule has 0 spiro atoms. The van der Waals surface area contributed by atoms with Crippen LogP contribution >= 0.6 is 11.3 Å². The minimum Gasteiger partial charge on any atom is -0.461 e. The molecule has 156 valence electrons. The molecule has 0 fully saturated rings. The molecule has 1 amide bonds. The van der Waals surface area contributed by atoms with Crippen molar-refractivity contribution in [3.63, 3.8) is 0 Å². The van der Waals surface area contributed by atoms with Crippen LogP contribution in [-0.4, -0.2) is 33.2 Å². The number of carbonyl (C=O) groups excluding carboxylic acids is 2. The highest BCUT2D eigenvalue weighted by Crippen LogP contribution is 2.17. The lowest BCUT2D eigenvalue weighted by molar-refractivity contribution is -0.116. The minimum absolute atomic E-state index is 0.142. The van der Waals surface area contributed by atoms with E-state index in [-0.39, 0.29) is 42.6 Å². The number of rotatable bonds is 8. The van der Waals surface area contributed by atoms with E-state index in [2.05, 4.69) is 15.4 Å². The first-order chi connectivity index (χ1) is 14.5. The highest BCUT2D eigenvalue weighted by atomic mass is 32.1. The van der Waals surface area contributed by atoms with Crippen molar-refractivity contribution in [2.45, 2.75) is 26.3 Å². The van der Waals surface area contributed by atoms with E-state index in [1.165, 1.54) is 28.3 Å². The van der Waals surface area contributed by atoms with Gasteiger partial charge in [-0.15, -0.1) is 11.3 Å². The average Bonchev–Trinajstić information content (AvgIpc) is 3.19. The predicted molar refractivity (Wildman–Crippen MR) is 110 cm³/mol. The van der Waals surface area contributed by atoms with Gasteiger partial charge in [-0.25, -0.2) is 18.9 Å². The van der Waals surface area contributed by atoms with Crippen molar-refractivity contribution in [2.75, 3.05) is 11.9 Å². The number of halogens is 1. The lowest BCUT2D eigenvalue weighted by Crippen LogP contribution is -2.23. The molecule has 0 saturated heterocycles. The van der Waals surface area contributed by atoms with E-state index < -0.39 is 5.97 Å². The van der Waals surface area contributed by atoms with Gasteiger partial charge in [-0.2, -0.15) is 5.10 Å². The van der Waals surface area contributed by atoms with Gasteiger partial charge in [-0.1, -0.05) is 0 Å². The number of hydrogen-bond acceptors (Lipinski definition) is 7. The van der Waals surface area contributed by atoms with Gasteiger partial charge in [0.05, 0.1) is 12.3 Å². The molecule has 2 aromatic heterocycles. The Balaban J connectivity index is 1.55. The van der Waals surface area contributed by atoms with Crippen molar-refractivity contribution in [3.8, 4) is 11.3 Å². The van der Waals surface area contributed by atoms with Crippen molar-refractivity contribution in [1.82, 2.24) is 14.8 Å². The summed E-state index contributed by atoms with van der Waals surface area (Å²) >= 11 is 1.13. The molecule has 0 saturated carbocycles. The molecular weight excluding hydrogens is 411 g/mol. The number of benzene rings is 1. The van der Waals surface area contributed by atoms with Gasteiger partial charge in [0.25, 0.3) is 5.56 Å². The summed E-state index contributed by atoms with van der Waals surface area (Å²) in [5.74, 6) is -1.18. The van der Waals surface area contributed by atoms with Gasteiger partial charge in [-0.05, 0) is 43.7 Å². The standard InChI is InChI=1S/C20H19FN4O4S/c1-2-29-19(28)16-12-30-20(22-16)23-17(26)4-3-11-25-18(27)10-9-15(24-25)13-5-7-14(21)8-6-13/h5-10,12H,2-4,11H2,1H3,(H,22,23,26). The van der Waals surface area contributed by atoms with Gasteiger partial charge in [0.15, 0.2) is 10.8 Å². The third kappa shape index (κ3) is 5.57. The SMILES string of the molecule is CCOC(=O)c1csc(NC(=O)CCCn2nc(-c3ccc(F)cc3)ccc2=O)n1. The van der Waals surface area contributed by atoms with Gasteiger partial charge in [0, 0.05) is 30.0 Å². The maximum absolute atomic E-state index is 13.1. The van der Waals surface area contributed by atoms with Crippen molar-refractivity contribution in [1.29, 1.82) is 0 Å². The fraction of sp³-hybridized carbons (Fsp3) is 0.250. The third-order valence-corrected chi connectivity index (χ3v) is 4.77. The summed E-state index contributed by atoms with van der Waals surface area (Å²) < 4.78 is 19.2. The highest BCUT2D eigenvalue weighted by molar-refractivity contribution is 7.14. The van der Waals surface area contributed by atoms with Gasteiger partial charge >= 0.3 is 5.97 Å². The summed E-state index contributed by atoms with van der Waals surface area (Å²) in [7, 11) is 0. The molecule has 0 bridgehead atoms. The fourth-order valence-corrected chi connectivity index (χ4v) is 3.28. The Hall–Kier alpha value is -3.40. The molecule has 8 nitrogen and oxygen atoms in total. The third-order valence-electron chi connectivity index (χ3n) is 4.02. The number of carbonyl (C=O) groups is 2. The number of nitrogens with one attached hydrogen (secondary N) is 1. The van der Waals surface area contributed by atoms with E-state index in [1.807, 2.05) is 0 Å². The minimum atomic E-state index is -0.541. The largest absolute Gasteiger partial charge is 0.461 e. The first-order valence-electron chi connectivity index (χ1n) is 9.23. The highest BCUT2D eigenvalue weighted by Gasteiger charge is 2.13. The number of amides is 1. The Morgan fingerprint density at radius 2 is 1.97 bits per heavy atom. The molecule has 30 heavy (non-hydrogen) atoms. The molecule has 1 N–H and O–H groups in total. The summed E-state index contributed by atoms with van der Waals surface area (Å²) in [5.41, 5.74) is 1.07. The molecule has 0 radical (unpaired) electrons. The Morgan fingerprint density at radius 1 is 1.20 bits per heavy atom. The first kappa shape index (κ1) is 21.3. The van der Waals surface area contributed by atoms with Crippen molar-refractivity contribution in [2.24, 2.45) is 0 Å². The van der Waals surface area contributed by atoms with Gasteiger partial charge in [0.2, 0.25) is 5.91 Å². The number of aromatic nitrogens is 3. The lowest BCUT2D eigenvalue weighted by Gasteiger charge is -2.07. The van der Waals surface area contributed by atoms with Crippen LogP contribution in [0.25, 0.3) is 11.3 Å². The van der Waals surface area contributed by atoms with E-state index >= 15 is 0 Å². The number of aryl methyl sites for hydroxylation is 1. The normalized spacial score (nSPS) is 10.6. The van der Waals surface area contributed by atoms with E-state index in [4.69, 9.17) is 4.74 Å². The molecule has 3 aromatic rings. The average molecular weight is 430 g/mol. The van der Waals surface area contributed by atoms with E-state index in [0.717, 1.165) is 11.3 Å². The van der Waals surface area contributed by atoms with Crippen molar-refractivity contribution < 1.29 is 18.7 Å². The lowest BCUT2D eigenvalue weighted by atomic mass is 10.1. The molecule has 2 heterocycles. The molecular formula is C20H19FN4O4S. The topological polar surface area (TPSA) is 103 Å². The summed E-state index contributed by atoms with van der Waals surface area (Å²) in [6, 6.07) is 8.77. The molecule has 1 aromatic carbocycles. The number of hydrogen-bond donors (Lipinski definition) is 1. The van der Waals surface area contributed by atoms with Crippen LogP contribution in [0.1, 0.15) is 30.3 Å². The second-order valence-electron chi connectivity index (χ2n) is 6.20. The zero-order valence-corrected chi connectivity index (χ0v) is 16.9. The number of esters is 1. The summed E-state index contributed by atoms with van der Waals surface area (Å²) in [6.07, 6.45) is 0.519. The Kier molecular flexibility index (Phi) is 7.02. The second kappa shape index (κ2) is 9.88. The van der Waals surface area contributed by atoms with E-state index in [0.29, 0.717) is 22.8 Å². The summed E-state index contributed by atoms with van der Waals surface area (Å²) in [6.45, 7) is 2.18. The van der Waals surface area contributed by atoms with E-state index in [9.17, 15) is 18.8 Å². The van der Waals surface area contributed by atoms with Gasteiger partial charge in [-0.3, -0.25) is 9.59 Å². The van der Waals surface area contributed by atoms with Crippen LogP contribution in [0.4, 0.5) is 9.52 Å². The quantitative estimate of drug-likeness (QED) is 0.551. The van der Waals surface area contributed by atoms with Crippen LogP contribution in [0.2, 0.25) is 0 Å². The van der Waals surface area contributed by atoms with Crippen LogP contribution in [-0.2, 0) is 16.1 Å². The van der Waals surface area contributed by atoms with Crippen molar-refractivity contribution in [3.05, 3.63) is 63.6 Å². The Labute approximate surface area is 175 Å². The van der Waals surface area contributed by atoms with E-state index in [1.54, 1.807) is 25.1 Å². The molecule has 10 heteroatoms. The molecule has 0 aliphatic heterocycles. The van der Waals surface area contributed by atoms with Crippen LogP contribution in [0.5, 0.6) is 0 Å². The Bertz CT molecular complexity index is 1090. The number of thiazole rings is 1. The first-order valence-corrected chi connectivity index (χ1v) is 10.1. The molecule has 0 atom stereocenters. The van der Waals surface area contributed by atoms with Crippen LogP contribution in [0, 0.1) is 5.82 Å². The number of ether oxygens (including phenoxy) is 1. The zero-order valence-electron chi connectivity index (χ0n) is 16.1. The van der Waals surface area contributed by atoms with Crippen LogP contribution in [0.3, 0.4) is 0 Å². The predicted octanol–water partition coefficient (Wildman–Crippen LogP) is 3.10. The molecule has 0 unspecified atom stereocenters. The van der Waals surface area contributed by atoms with Gasteiger partial charge in [0.1, 0.15) is 5.82 Å². The second-order valence-corrected chi connectivity index (χ2v) is 7.06. The molecule has 0 aliphatic carbocycles. The maximum Gasteiger partial charge on any atom is 0.357 e. The van der Waals surface area contributed by atoms with Crippen LogP contribution in [0.15, 0.2) is 46.6 Å². The summed E-state index contributed by atoms with van der Waals surface area (Å²) in [4.78, 5) is 39.8. The number of nitrogens with zero attached hydrogens (tertiary/aromatic N) is 3. The van der Waals surface area contributed by atoms with Gasteiger partial charge < -0.3 is 10.1 Å². The number of anilines is 1. The van der Waals surface area contributed by atoms with Crippen LogP contribution < -0.4 is 10.9 Å². The summed E-state index contributed by atoms with van der Waals surface area (Å²) in [5, 5.41) is 8.72. The van der Waals surface area contributed by atoms with Crippen molar-refractivity contribution >= 4 is 28.3 Å². The molecule has 0 aliphatic rings. The Morgan fingerprint density at radius 3 is 2.70 bits per heavy atom. The smallest absolute Gasteiger partial charge is 0.357 e. The zero-order chi connectivity index (χ0) is 21.5. The maximum atomic E-state index is 13.1. The fourth-order valence-electron chi connectivity index (χ4n) is 2.58.